The lowest BCUT2D eigenvalue weighted by Gasteiger charge is -2.19. The van der Waals surface area contributed by atoms with Gasteiger partial charge in [-0.05, 0) is 103 Å². The second-order valence-electron chi connectivity index (χ2n) is 16.4. The zero-order valence-electron chi connectivity index (χ0n) is 35.3. The molecule has 12 rings (SSSR count). The van der Waals surface area contributed by atoms with Crippen molar-refractivity contribution in [1.82, 2.24) is 9.97 Å². The topological polar surface area (TPSA) is 44.2 Å². The molecule has 0 N–H and O–H groups in total. The number of ether oxygens (including phenoxy) is 2. The first kappa shape index (κ1) is 37.4. The summed E-state index contributed by atoms with van der Waals surface area (Å²) in [6.45, 7) is 0. The van der Waals surface area contributed by atoms with E-state index in [0.29, 0.717) is 0 Å². The lowest BCUT2D eigenvalue weighted by Crippen LogP contribution is -1.95. The first-order valence-corrected chi connectivity index (χ1v) is 21.6. The van der Waals surface area contributed by atoms with Crippen molar-refractivity contribution in [1.29, 1.82) is 0 Å². The van der Waals surface area contributed by atoms with Crippen molar-refractivity contribution in [3.8, 4) is 67.1 Å². The molecular formula is C60H40N2O2. The summed E-state index contributed by atoms with van der Waals surface area (Å²) in [5.41, 5.74) is 15.4. The van der Waals surface area contributed by atoms with Crippen LogP contribution in [0.1, 0.15) is 0 Å². The number of hydrogen-bond donors (Lipinski definition) is 0. The average Bonchev–Trinajstić information content (AvgIpc) is 3.36. The largest absolute Gasteiger partial charge is 0.496 e. The van der Waals surface area contributed by atoms with E-state index in [9.17, 15) is 0 Å². The fourth-order valence-electron chi connectivity index (χ4n) is 9.80. The monoisotopic (exact) mass is 820 g/mol. The molecule has 2 heterocycles. The Labute approximate surface area is 370 Å². The van der Waals surface area contributed by atoms with Crippen LogP contribution in [0.2, 0.25) is 0 Å². The molecule has 4 heteroatoms. The molecule has 10 aromatic carbocycles. The Morgan fingerprint density at radius 2 is 0.578 bits per heavy atom. The fourth-order valence-corrected chi connectivity index (χ4v) is 9.80. The summed E-state index contributed by atoms with van der Waals surface area (Å²) in [6, 6.07) is 73.4. The van der Waals surface area contributed by atoms with Gasteiger partial charge in [0, 0.05) is 43.8 Å². The van der Waals surface area contributed by atoms with Gasteiger partial charge in [0.1, 0.15) is 11.5 Å². The van der Waals surface area contributed by atoms with Crippen LogP contribution in [0, 0.1) is 0 Å². The normalized spacial score (nSPS) is 11.6. The minimum absolute atomic E-state index is 0.794. The third-order valence-corrected chi connectivity index (χ3v) is 12.8. The number of hydrogen-bond acceptors (Lipinski definition) is 4. The molecule has 0 aliphatic rings. The molecule has 64 heavy (non-hydrogen) atoms. The van der Waals surface area contributed by atoms with E-state index in [0.717, 1.165) is 110 Å². The molecule has 0 spiro atoms. The second kappa shape index (κ2) is 15.2. The Balaban J connectivity index is 0.919. The Morgan fingerprint density at radius 1 is 0.266 bits per heavy atom. The van der Waals surface area contributed by atoms with Gasteiger partial charge in [-0.25, -0.2) is 9.97 Å². The Morgan fingerprint density at radius 3 is 0.922 bits per heavy atom. The highest BCUT2D eigenvalue weighted by molar-refractivity contribution is 6.13. The number of methoxy groups -OCH3 is 2. The Bertz CT molecular complexity index is 3440. The number of para-hydroxylation sites is 4. The molecule has 0 saturated heterocycles. The number of benzene rings is 10. The van der Waals surface area contributed by atoms with Crippen LogP contribution in [0.25, 0.3) is 121 Å². The minimum atomic E-state index is 0.794. The lowest BCUT2D eigenvalue weighted by molar-refractivity contribution is 0.411. The zero-order valence-corrected chi connectivity index (χ0v) is 35.3. The van der Waals surface area contributed by atoms with Gasteiger partial charge in [-0.3, -0.25) is 0 Å². The number of rotatable bonds is 7. The SMILES string of the molecule is COc1ccc2cc(-c3ccc(-c4c5ccccc5nc5ccccc45)cc3)ccc2c1-c1c(OC)ccc2cc(-c3ccc(-c4c5ccccc5nc5ccccc45)cc3)ccc12. The molecule has 4 nitrogen and oxygen atoms in total. The number of pyridine rings is 2. The van der Waals surface area contributed by atoms with Gasteiger partial charge in [0.05, 0.1) is 36.3 Å². The van der Waals surface area contributed by atoms with Crippen LogP contribution >= 0.6 is 0 Å². The third kappa shape index (κ3) is 6.14. The van der Waals surface area contributed by atoms with Crippen LogP contribution in [-0.2, 0) is 0 Å². The number of nitrogens with zero attached hydrogens (tertiary/aromatic N) is 2. The van der Waals surface area contributed by atoms with E-state index < -0.39 is 0 Å². The van der Waals surface area contributed by atoms with E-state index in [1.807, 2.05) is 0 Å². The van der Waals surface area contributed by atoms with E-state index in [-0.39, 0.29) is 0 Å². The minimum Gasteiger partial charge on any atom is -0.496 e. The average molecular weight is 821 g/mol. The van der Waals surface area contributed by atoms with Crippen LogP contribution in [0.15, 0.2) is 206 Å². The molecule has 0 fully saturated rings. The number of fused-ring (bicyclic) bond motifs is 6. The molecular weight excluding hydrogens is 781 g/mol. The van der Waals surface area contributed by atoms with Crippen LogP contribution in [0.5, 0.6) is 11.5 Å². The van der Waals surface area contributed by atoms with Gasteiger partial charge >= 0.3 is 0 Å². The van der Waals surface area contributed by atoms with Crippen LogP contribution in [0.3, 0.4) is 0 Å². The van der Waals surface area contributed by atoms with E-state index in [1.54, 1.807) is 14.2 Å². The summed E-state index contributed by atoms with van der Waals surface area (Å²) in [5.74, 6) is 1.59. The predicted molar refractivity (Wildman–Crippen MR) is 267 cm³/mol. The molecule has 12 aromatic rings. The van der Waals surface area contributed by atoms with Crippen molar-refractivity contribution in [2.75, 3.05) is 14.2 Å². The maximum atomic E-state index is 6.12. The fraction of sp³-hybridized carbons (Fsp3) is 0.0333. The zero-order chi connectivity index (χ0) is 42.7. The predicted octanol–water partition coefficient (Wildman–Crippen LogP) is 15.7. The van der Waals surface area contributed by atoms with Crippen molar-refractivity contribution >= 4 is 65.2 Å². The van der Waals surface area contributed by atoms with Crippen molar-refractivity contribution in [3.63, 3.8) is 0 Å². The summed E-state index contributed by atoms with van der Waals surface area (Å²) >= 11 is 0. The molecule has 0 bridgehead atoms. The molecule has 2 aromatic heterocycles. The molecule has 0 aliphatic heterocycles. The van der Waals surface area contributed by atoms with Crippen molar-refractivity contribution in [2.24, 2.45) is 0 Å². The van der Waals surface area contributed by atoms with E-state index in [4.69, 9.17) is 19.4 Å². The van der Waals surface area contributed by atoms with E-state index in [2.05, 4.69) is 206 Å². The van der Waals surface area contributed by atoms with Gasteiger partial charge in [0.15, 0.2) is 0 Å². The van der Waals surface area contributed by atoms with Crippen LogP contribution in [0.4, 0.5) is 0 Å². The summed E-state index contributed by atoms with van der Waals surface area (Å²) < 4.78 is 12.2. The molecule has 0 radical (unpaired) electrons. The van der Waals surface area contributed by atoms with Gasteiger partial charge < -0.3 is 9.47 Å². The van der Waals surface area contributed by atoms with Crippen LogP contribution < -0.4 is 9.47 Å². The highest BCUT2D eigenvalue weighted by Crippen LogP contribution is 2.47. The second-order valence-corrected chi connectivity index (χ2v) is 16.4. The maximum Gasteiger partial charge on any atom is 0.127 e. The van der Waals surface area contributed by atoms with Gasteiger partial charge in [-0.1, -0.05) is 158 Å². The Hall–Kier alpha value is -8.34. The van der Waals surface area contributed by atoms with E-state index >= 15 is 0 Å². The van der Waals surface area contributed by atoms with Crippen molar-refractivity contribution in [3.05, 3.63) is 206 Å². The molecule has 0 saturated carbocycles. The molecule has 0 atom stereocenters. The van der Waals surface area contributed by atoms with Gasteiger partial charge in [-0.15, -0.1) is 0 Å². The quantitative estimate of drug-likeness (QED) is 0.150. The molecule has 302 valence electrons. The van der Waals surface area contributed by atoms with Crippen molar-refractivity contribution < 1.29 is 9.47 Å². The smallest absolute Gasteiger partial charge is 0.127 e. The molecule has 0 unspecified atom stereocenters. The molecule has 0 amide bonds. The third-order valence-electron chi connectivity index (χ3n) is 12.8. The van der Waals surface area contributed by atoms with Gasteiger partial charge in [-0.2, -0.15) is 0 Å². The van der Waals surface area contributed by atoms with Crippen molar-refractivity contribution in [2.45, 2.75) is 0 Å². The molecule has 0 aliphatic carbocycles. The standard InChI is InChI=1S/C60H40N2O2/c1-63-55-33-29-43-35-41(37-19-23-39(24-20-37)57-47-11-3-7-15-51(47)61-52-16-8-4-12-48(52)57)27-31-45(43)59(55)60-46-32-28-42(36-44(46)30-34-56(60)64-2)38-21-25-40(26-22-38)58-49-13-5-9-17-53(49)62-54-18-10-6-14-50(54)58/h3-36H,1-2H3. The summed E-state index contributed by atoms with van der Waals surface area (Å²) in [7, 11) is 3.49. The number of aromatic nitrogens is 2. The van der Waals surface area contributed by atoms with Crippen LogP contribution in [-0.4, -0.2) is 24.2 Å². The Kier molecular flexibility index (Phi) is 8.91. The first-order valence-electron chi connectivity index (χ1n) is 21.6. The summed E-state index contributed by atoms with van der Waals surface area (Å²) in [5, 5.41) is 9.04. The van der Waals surface area contributed by atoms with Gasteiger partial charge in [0.25, 0.3) is 0 Å². The summed E-state index contributed by atoms with van der Waals surface area (Å²) in [6.07, 6.45) is 0. The first-order chi connectivity index (χ1) is 31.6. The van der Waals surface area contributed by atoms with Gasteiger partial charge in [0.2, 0.25) is 0 Å². The lowest BCUT2D eigenvalue weighted by atomic mass is 9.89. The summed E-state index contributed by atoms with van der Waals surface area (Å²) in [4.78, 5) is 9.90. The highest BCUT2D eigenvalue weighted by atomic mass is 16.5. The highest BCUT2D eigenvalue weighted by Gasteiger charge is 2.20. The maximum absolute atomic E-state index is 6.12. The van der Waals surface area contributed by atoms with E-state index in [1.165, 1.54) is 22.3 Å².